The van der Waals surface area contributed by atoms with Crippen molar-refractivity contribution in [3.8, 4) is 11.3 Å². The summed E-state index contributed by atoms with van der Waals surface area (Å²) in [4.78, 5) is 0. The topological polar surface area (TPSA) is 3.88 Å². The van der Waals surface area contributed by atoms with E-state index >= 15 is 0 Å². The highest BCUT2D eigenvalue weighted by Crippen LogP contribution is 2.44. The van der Waals surface area contributed by atoms with E-state index in [1.54, 1.807) is 0 Å². The van der Waals surface area contributed by atoms with Crippen LogP contribution in [0.15, 0.2) is 43.0 Å². The number of unbranched alkanes of at least 4 members (excludes halogenated alkanes) is 1. The maximum atomic E-state index is 4.56. The predicted molar refractivity (Wildman–Crippen MR) is 103 cm³/mol. The fourth-order valence-corrected chi connectivity index (χ4v) is 4.38. The first-order valence-electron chi connectivity index (χ1n) is 9.44. The Labute approximate surface area is 147 Å². The first-order chi connectivity index (χ1) is 11.6. The van der Waals surface area contributed by atoms with E-state index in [2.05, 4.69) is 75.2 Å². The number of aromatic nitrogens is 1. The largest absolute Gasteiger partial charge is 0.214 e. The smallest absolute Gasteiger partial charge is 0.186 e. The Balaban J connectivity index is 2.26. The molecule has 126 valence electrons. The van der Waals surface area contributed by atoms with Gasteiger partial charge < -0.3 is 0 Å². The molecule has 24 heavy (non-hydrogen) atoms. The average Bonchev–Trinajstić information content (AvgIpc) is 2.61. The van der Waals surface area contributed by atoms with Crippen molar-refractivity contribution in [2.45, 2.75) is 65.3 Å². The Hall–Kier alpha value is -1.89. The molecule has 3 rings (SSSR count). The van der Waals surface area contributed by atoms with E-state index in [0.29, 0.717) is 0 Å². The molecular formula is C23H30N+. The normalized spacial score (nSPS) is 15.1. The molecule has 0 aliphatic carbocycles. The van der Waals surface area contributed by atoms with Crippen LogP contribution in [0.3, 0.4) is 0 Å². The molecule has 1 aliphatic rings. The molecule has 0 radical (unpaired) electrons. The van der Waals surface area contributed by atoms with Crippen molar-refractivity contribution >= 4 is 5.57 Å². The zero-order valence-corrected chi connectivity index (χ0v) is 15.7. The summed E-state index contributed by atoms with van der Waals surface area (Å²) >= 11 is 0. The number of allylic oxidation sites excluding steroid dienone is 1. The summed E-state index contributed by atoms with van der Waals surface area (Å²) in [7, 11) is 0. The highest BCUT2D eigenvalue weighted by molar-refractivity contribution is 5.83. The zero-order chi connectivity index (χ0) is 17.3. The van der Waals surface area contributed by atoms with Gasteiger partial charge >= 0.3 is 0 Å². The van der Waals surface area contributed by atoms with Gasteiger partial charge in [0.05, 0.1) is 5.56 Å². The first-order valence-corrected chi connectivity index (χ1v) is 9.44. The molecule has 2 aromatic rings. The highest BCUT2D eigenvalue weighted by atomic mass is 15.1. The van der Waals surface area contributed by atoms with Gasteiger partial charge in [-0.2, -0.15) is 4.57 Å². The van der Waals surface area contributed by atoms with Gasteiger partial charge in [-0.3, -0.25) is 0 Å². The van der Waals surface area contributed by atoms with Crippen molar-refractivity contribution in [2.75, 3.05) is 0 Å². The Bertz CT molecular complexity index is 766. The first kappa shape index (κ1) is 17.0. The maximum Gasteiger partial charge on any atom is 0.214 e. The molecule has 0 spiro atoms. The zero-order valence-electron chi connectivity index (χ0n) is 15.7. The van der Waals surface area contributed by atoms with Gasteiger partial charge in [-0.15, -0.1) is 0 Å². The third kappa shape index (κ3) is 2.42. The van der Waals surface area contributed by atoms with Crippen molar-refractivity contribution in [2.24, 2.45) is 0 Å². The maximum absolute atomic E-state index is 4.56. The second-order valence-electron chi connectivity index (χ2n) is 7.09. The van der Waals surface area contributed by atoms with Crippen LogP contribution in [0.5, 0.6) is 0 Å². The number of benzene rings is 1. The summed E-state index contributed by atoms with van der Waals surface area (Å²) in [6.07, 6.45) is 5.79. The van der Waals surface area contributed by atoms with Crippen LogP contribution in [-0.4, -0.2) is 0 Å². The number of hydrogen-bond donors (Lipinski definition) is 0. The summed E-state index contributed by atoms with van der Waals surface area (Å²) in [5.74, 6) is 0. The SMILES string of the molecule is C=C1c2ccc(CCCC)cc2-c2cccc(C)[n+]2C1(CC)CC. The molecule has 0 N–H and O–H groups in total. The molecule has 1 aliphatic heterocycles. The molecule has 1 aromatic heterocycles. The van der Waals surface area contributed by atoms with E-state index in [1.165, 1.54) is 46.5 Å². The Kier molecular flexibility index (Phi) is 4.62. The molecule has 0 saturated carbocycles. The van der Waals surface area contributed by atoms with Crippen molar-refractivity contribution < 1.29 is 4.57 Å². The lowest BCUT2D eigenvalue weighted by Crippen LogP contribution is -2.61. The quantitative estimate of drug-likeness (QED) is 0.610. The molecule has 0 bridgehead atoms. The molecular weight excluding hydrogens is 290 g/mol. The van der Waals surface area contributed by atoms with Gasteiger partial charge in [0.2, 0.25) is 5.69 Å². The van der Waals surface area contributed by atoms with E-state index in [1.807, 2.05) is 0 Å². The third-order valence-corrected chi connectivity index (χ3v) is 5.85. The fourth-order valence-electron chi connectivity index (χ4n) is 4.38. The van der Waals surface area contributed by atoms with E-state index < -0.39 is 0 Å². The standard InChI is InChI=1S/C23H30N/c1-6-9-12-19-14-15-20-18(5)23(7-2,8-3)24-17(4)11-10-13-22(24)21(20)16-19/h10-11,13-16H,5-9,12H2,1-4H3/q+1. The van der Waals surface area contributed by atoms with Crippen LogP contribution < -0.4 is 4.57 Å². The molecule has 1 heteroatoms. The summed E-state index contributed by atoms with van der Waals surface area (Å²) < 4.78 is 2.54. The summed E-state index contributed by atoms with van der Waals surface area (Å²) in [6, 6.07) is 13.7. The van der Waals surface area contributed by atoms with Crippen molar-refractivity contribution in [1.29, 1.82) is 0 Å². The van der Waals surface area contributed by atoms with Crippen molar-refractivity contribution in [1.82, 2.24) is 0 Å². The lowest BCUT2D eigenvalue weighted by Gasteiger charge is -2.36. The van der Waals surface area contributed by atoms with Crippen LogP contribution in [0.25, 0.3) is 16.8 Å². The van der Waals surface area contributed by atoms with Gasteiger partial charge in [-0.1, -0.05) is 45.9 Å². The minimum atomic E-state index is -0.00138. The van der Waals surface area contributed by atoms with E-state index in [-0.39, 0.29) is 5.54 Å². The van der Waals surface area contributed by atoms with Crippen LogP contribution in [0.1, 0.15) is 63.3 Å². The Morgan fingerprint density at radius 1 is 1.00 bits per heavy atom. The molecule has 0 saturated heterocycles. The second kappa shape index (κ2) is 6.55. The fraction of sp³-hybridized carbons (Fsp3) is 0.435. The summed E-state index contributed by atoms with van der Waals surface area (Å²) in [5.41, 5.74) is 8.08. The number of aryl methyl sites for hydroxylation is 2. The lowest BCUT2D eigenvalue weighted by atomic mass is 9.75. The Morgan fingerprint density at radius 2 is 1.75 bits per heavy atom. The molecule has 2 heterocycles. The number of pyridine rings is 1. The van der Waals surface area contributed by atoms with Gasteiger partial charge in [0.1, 0.15) is 0 Å². The minimum Gasteiger partial charge on any atom is -0.186 e. The van der Waals surface area contributed by atoms with Gasteiger partial charge in [0.25, 0.3) is 0 Å². The van der Waals surface area contributed by atoms with E-state index in [0.717, 1.165) is 19.3 Å². The number of rotatable bonds is 5. The highest BCUT2D eigenvalue weighted by Gasteiger charge is 2.47. The molecule has 0 atom stereocenters. The van der Waals surface area contributed by atoms with Gasteiger partial charge in [0, 0.05) is 37.5 Å². The van der Waals surface area contributed by atoms with Crippen LogP contribution >= 0.6 is 0 Å². The van der Waals surface area contributed by atoms with E-state index in [9.17, 15) is 0 Å². The van der Waals surface area contributed by atoms with Crippen LogP contribution in [-0.2, 0) is 12.0 Å². The molecule has 0 fully saturated rings. The number of nitrogens with zero attached hydrogens (tertiary/aromatic N) is 1. The van der Waals surface area contributed by atoms with E-state index in [4.69, 9.17) is 0 Å². The summed E-state index contributed by atoms with van der Waals surface area (Å²) in [5, 5.41) is 0. The van der Waals surface area contributed by atoms with Crippen molar-refractivity contribution in [3.63, 3.8) is 0 Å². The van der Waals surface area contributed by atoms with Gasteiger partial charge in [-0.05, 0) is 36.1 Å². The molecule has 0 amide bonds. The lowest BCUT2D eigenvalue weighted by molar-refractivity contribution is -0.746. The minimum absolute atomic E-state index is 0.00138. The van der Waals surface area contributed by atoms with Crippen LogP contribution in [0, 0.1) is 6.92 Å². The number of fused-ring (bicyclic) bond motifs is 3. The average molecular weight is 321 g/mol. The Morgan fingerprint density at radius 3 is 2.42 bits per heavy atom. The van der Waals surface area contributed by atoms with Gasteiger partial charge in [-0.25, -0.2) is 0 Å². The van der Waals surface area contributed by atoms with Crippen molar-refractivity contribution in [3.05, 3.63) is 59.8 Å². The van der Waals surface area contributed by atoms with Crippen LogP contribution in [0.2, 0.25) is 0 Å². The third-order valence-electron chi connectivity index (χ3n) is 5.85. The molecule has 1 aromatic carbocycles. The molecule has 1 nitrogen and oxygen atoms in total. The summed E-state index contributed by atoms with van der Waals surface area (Å²) in [6.45, 7) is 13.6. The second-order valence-corrected chi connectivity index (χ2v) is 7.09. The monoisotopic (exact) mass is 320 g/mol. The predicted octanol–water partition coefficient (Wildman–Crippen LogP) is 5.83. The van der Waals surface area contributed by atoms with Gasteiger partial charge in [0.15, 0.2) is 11.2 Å². The molecule has 0 unspecified atom stereocenters. The van der Waals surface area contributed by atoms with Crippen LogP contribution in [0.4, 0.5) is 0 Å². The number of hydrogen-bond acceptors (Lipinski definition) is 0.